The highest BCUT2D eigenvalue weighted by atomic mass is 16.5. The topological polar surface area (TPSA) is 59.9 Å². The lowest BCUT2D eigenvalue weighted by molar-refractivity contribution is 0.152. The SMILES string of the molecule is CCOC(=O)NN=C(CC)c1ccc(OC)cc1. The summed E-state index contributed by atoms with van der Waals surface area (Å²) in [4.78, 5) is 11.1. The lowest BCUT2D eigenvalue weighted by Crippen LogP contribution is -2.20. The van der Waals surface area contributed by atoms with Crippen LogP contribution in [0.5, 0.6) is 5.75 Å². The first-order valence-electron chi connectivity index (χ1n) is 5.85. The van der Waals surface area contributed by atoms with Crippen LogP contribution in [0.2, 0.25) is 0 Å². The molecule has 0 bridgehead atoms. The third kappa shape index (κ3) is 4.08. The summed E-state index contributed by atoms with van der Waals surface area (Å²) < 4.78 is 9.82. The van der Waals surface area contributed by atoms with Crippen LogP contribution in [0, 0.1) is 0 Å². The van der Waals surface area contributed by atoms with E-state index in [-0.39, 0.29) is 0 Å². The standard InChI is InChI=1S/C13H18N2O3/c1-4-12(14-15-13(16)18-5-2)10-6-8-11(17-3)9-7-10/h6-9H,4-5H2,1-3H3,(H,15,16). The van der Waals surface area contributed by atoms with Gasteiger partial charge in [0.25, 0.3) is 0 Å². The highest BCUT2D eigenvalue weighted by Crippen LogP contribution is 2.13. The lowest BCUT2D eigenvalue weighted by atomic mass is 10.1. The number of rotatable bonds is 5. The summed E-state index contributed by atoms with van der Waals surface area (Å²) >= 11 is 0. The van der Waals surface area contributed by atoms with Crippen molar-refractivity contribution < 1.29 is 14.3 Å². The van der Waals surface area contributed by atoms with Crippen LogP contribution in [0.25, 0.3) is 0 Å². The summed E-state index contributed by atoms with van der Waals surface area (Å²) in [6.07, 6.45) is 0.163. The van der Waals surface area contributed by atoms with Crippen LogP contribution in [0.4, 0.5) is 4.79 Å². The van der Waals surface area contributed by atoms with Crippen LogP contribution in [-0.4, -0.2) is 25.5 Å². The molecule has 0 aliphatic rings. The molecule has 5 heteroatoms. The van der Waals surface area contributed by atoms with E-state index in [1.807, 2.05) is 31.2 Å². The predicted molar refractivity (Wildman–Crippen MR) is 70.0 cm³/mol. The number of methoxy groups -OCH3 is 1. The Morgan fingerprint density at radius 3 is 2.44 bits per heavy atom. The minimum Gasteiger partial charge on any atom is -0.497 e. The Labute approximate surface area is 107 Å². The summed E-state index contributed by atoms with van der Waals surface area (Å²) in [5, 5.41) is 4.04. The third-order valence-electron chi connectivity index (χ3n) is 2.32. The Bertz CT molecular complexity index is 413. The highest BCUT2D eigenvalue weighted by molar-refractivity contribution is 6.00. The van der Waals surface area contributed by atoms with Gasteiger partial charge in [-0.3, -0.25) is 0 Å². The van der Waals surface area contributed by atoms with Crippen molar-refractivity contribution in [1.82, 2.24) is 5.43 Å². The Kier molecular flexibility index (Phi) is 5.70. The largest absolute Gasteiger partial charge is 0.497 e. The summed E-state index contributed by atoms with van der Waals surface area (Å²) in [5.41, 5.74) is 4.08. The fraction of sp³-hybridized carbons (Fsp3) is 0.385. The second-order valence-corrected chi connectivity index (χ2v) is 3.47. The maximum Gasteiger partial charge on any atom is 0.427 e. The zero-order valence-corrected chi connectivity index (χ0v) is 10.9. The summed E-state index contributed by atoms with van der Waals surface area (Å²) in [6.45, 7) is 4.04. The Hall–Kier alpha value is -2.04. The average Bonchev–Trinajstić information content (AvgIpc) is 2.40. The summed E-state index contributed by atoms with van der Waals surface area (Å²) in [7, 11) is 1.62. The van der Waals surface area contributed by atoms with Gasteiger partial charge < -0.3 is 9.47 Å². The molecule has 0 radical (unpaired) electrons. The molecule has 1 amide bonds. The second-order valence-electron chi connectivity index (χ2n) is 3.47. The first-order chi connectivity index (χ1) is 8.71. The molecular weight excluding hydrogens is 232 g/mol. The minimum absolute atomic E-state index is 0.325. The van der Waals surface area contributed by atoms with Crippen molar-refractivity contribution >= 4 is 11.8 Å². The van der Waals surface area contributed by atoms with E-state index in [0.29, 0.717) is 13.0 Å². The number of carbonyl (C=O) groups excluding carboxylic acids is 1. The van der Waals surface area contributed by atoms with Crippen molar-refractivity contribution in [2.75, 3.05) is 13.7 Å². The number of nitrogens with zero attached hydrogens (tertiary/aromatic N) is 1. The number of hydrogen-bond acceptors (Lipinski definition) is 4. The first-order valence-corrected chi connectivity index (χ1v) is 5.85. The molecule has 1 N–H and O–H groups in total. The van der Waals surface area contributed by atoms with E-state index in [0.717, 1.165) is 17.0 Å². The van der Waals surface area contributed by atoms with Crippen molar-refractivity contribution in [2.45, 2.75) is 20.3 Å². The van der Waals surface area contributed by atoms with Crippen LogP contribution in [-0.2, 0) is 4.74 Å². The number of nitrogens with one attached hydrogen (secondary N) is 1. The van der Waals surface area contributed by atoms with E-state index in [1.165, 1.54) is 0 Å². The molecule has 1 rings (SSSR count). The molecule has 0 spiro atoms. The molecule has 0 aliphatic heterocycles. The van der Waals surface area contributed by atoms with Gasteiger partial charge in [-0.25, -0.2) is 10.2 Å². The monoisotopic (exact) mass is 250 g/mol. The average molecular weight is 250 g/mol. The number of amides is 1. The van der Waals surface area contributed by atoms with Gasteiger partial charge in [0, 0.05) is 0 Å². The second kappa shape index (κ2) is 7.32. The smallest absolute Gasteiger partial charge is 0.427 e. The van der Waals surface area contributed by atoms with E-state index in [1.54, 1.807) is 14.0 Å². The van der Waals surface area contributed by atoms with Crippen LogP contribution in [0.1, 0.15) is 25.8 Å². The van der Waals surface area contributed by atoms with Gasteiger partial charge in [0.15, 0.2) is 0 Å². The van der Waals surface area contributed by atoms with Gasteiger partial charge >= 0.3 is 6.09 Å². The first kappa shape index (κ1) is 14.0. The quantitative estimate of drug-likeness (QED) is 0.645. The minimum atomic E-state index is -0.544. The Morgan fingerprint density at radius 2 is 1.94 bits per heavy atom. The van der Waals surface area contributed by atoms with Crippen LogP contribution < -0.4 is 10.2 Å². The van der Waals surface area contributed by atoms with E-state index in [2.05, 4.69) is 10.5 Å². The molecular formula is C13H18N2O3. The zero-order valence-electron chi connectivity index (χ0n) is 10.9. The molecule has 98 valence electrons. The Balaban J connectivity index is 2.75. The molecule has 0 saturated carbocycles. The normalized spacial score (nSPS) is 10.9. The van der Waals surface area contributed by atoms with Gasteiger partial charge in [-0.1, -0.05) is 6.92 Å². The molecule has 1 aromatic rings. The molecule has 1 aromatic carbocycles. The summed E-state index contributed by atoms with van der Waals surface area (Å²) in [5.74, 6) is 0.785. The molecule has 5 nitrogen and oxygen atoms in total. The number of carbonyl (C=O) groups is 1. The van der Waals surface area contributed by atoms with Crippen molar-refractivity contribution in [3.8, 4) is 5.75 Å². The van der Waals surface area contributed by atoms with E-state index >= 15 is 0 Å². The fourth-order valence-electron chi connectivity index (χ4n) is 1.41. The van der Waals surface area contributed by atoms with E-state index < -0.39 is 6.09 Å². The number of benzene rings is 1. The molecule has 0 aromatic heterocycles. The molecule has 18 heavy (non-hydrogen) atoms. The number of hydrazone groups is 1. The van der Waals surface area contributed by atoms with Gasteiger partial charge in [-0.15, -0.1) is 0 Å². The number of ether oxygens (including phenoxy) is 2. The van der Waals surface area contributed by atoms with Gasteiger partial charge in [0.05, 0.1) is 19.4 Å². The molecule has 0 unspecified atom stereocenters. The van der Waals surface area contributed by atoms with Gasteiger partial charge in [-0.2, -0.15) is 5.10 Å². The van der Waals surface area contributed by atoms with E-state index in [9.17, 15) is 4.79 Å². The van der Waals surface area contributed by atoms with Crippen molar-refractivity contribution in [3.05, 3.63) is 29.8 Å². The van der Waals surface area contributed by atoms with Crippen molar-refractivity contribution in [1.29, 1.82) is 0 Å². The fourth-order valence-corrected chi connectivity index (χ4v) is 1.41. The Morgan fingerprint density at radius 1 is 1.28 bits per heavy atom. The third-order valence-corrected chi connectivity index (χ3v) is 2.32. The van der Waals surface area contributed by atoms with Crippen molar-refractivity contribution in [3.63, 3.8) is 0 Å². The van der Waals surface area contributed by atoms with Gasteiger partial charge in [-0.05, 0) is 43.2 Å². The zero-order chi connectivity index (χ0) is 13.4. The predicted octanol–water partition coefficient (Wildman–Crippen LogP) is 2.56. The van der Waals surface area contributed by atoms with Crippen LogP contribution in [0.15, 0.2) is 29.4 Å². The molecule has 0 saturated heterocycles. The van der Waals surface area contributed by atoms with Crippen LogP contribution >= 0.6 is 0 Å². The maximum absolute atomic E-state index is 11.1. The highest BCUT2D eigenvalue weighted by Gasteiger charge is 2.03. The number of hydrogen-bond donors (Lipinski definition) is 1. The lowest BCUT2D eigenvalue weighted by Gasteiger charge is -2.06. The van der Waals surface area contributed by atoms with Crippen molar-refractivity contribution in [2.24, 2.45) is 5.10 Å². The molecule has 0 atom stereocenters. The summed E-state index contributed by atoms with van der Waals surface area (Å²) in [6, 6.07) is 7.50. The van der Waals surface area contributed by atoms with Gasteiger partial charge in [0.2, 0.25) is 0 Å². The maximum atomic E-state index is 11.1. The molecule has 0 aliphatic carbocycles. The molecule has 0 heterocycles. The van der Waals surface area contributed by atoms with Gasteiger partial charge in [0.1, 0.15) is 5.75 Å². The molecule has 0 fully saturated rings. The van der Waals surface area contributed by atoms with Crippen LogP contribution in [0.3, 0.4) is 0 Å². The van der Waals surface area contributed by atoms with E-state index in [4.69, 9.17) is 9.47 Å².